The minimum atomic E-state index is -1.01. The molecule has 0 bridgehead atoms. The zero-order valence-electron chi connectivity index (χ0n) is 12.2. The van der Waals surface area contributed by atoms with E-state index in [-0.39, 0.29) is 0 Å². The smallest absolute Gasteiger partial charge is 0.328 e. The molecule has 0 atom stereocenters. The van der Waals surface area contributed by atoms with Crippen LogP contribution < -0.4 is 9.47 Å². The minimum Gasteiger partial charge on any atom is -0.493 e. The van der Waals surface area contributed by atoms with E-state index in [1.54, 1.807) is 32.4 Å². The summed E-state index contributed by atoms with van der Waals surface area (Å²) in [6.07, 6.45) is 1.19. The van der Waals surface area contributed by atoms with Crippen molar-refractivity contribution in [2.24, 2.45) is 0 Å². The highest BCUT2D eigenvalue weighted by atomic mass is 79.9. The van der Waals surface area contributed by atoms with Gasteiger partial charge in [-0.3, -0.25) is 0 Å². The maximum atomic E-state index is 11.2. The minimum absolute atomic E-state index is 0.549. The van der Waals surface area contributed by atoms with E-state index >= 15 is 0 Å². The second kappa shape index (κ2) is 7.13. The van der Waals surface area contributed by atoms with Gasteiger partial charge in [-0.2, -0.15) is 0 Å². The molecule has 0 fully saturated rings. The van der Waals surface area contributed by atoms with Crippen molar-refractivity contribution < 1.29 is 19.4 Å². The fourth-order valence-electron chi connectivity index (χ4n) is 2.09. The molecule has 2 rings (SSSR count). The van der Waals surface area contributed by atoms with Crippen LogP contribution in [0.3, 0.4) is 0 Å². The second-order valence-electron chi connectivity index (χ2n) is 4.47. The summed E-state index contributed by atoms with van der Waals surface area (Å²) in [6, 6.07) is 12.8. The predicted molar refractivity (Wildman–Crippen MR) is 88.4 cm³/mol. The molecule has 1 N–H and O–H groups in total. The third kappa shape index (κ3) is 3.68. The number of carboxylic acid groups (broad SMARTS) is 1. The number of carboxylic acids is 1. The summed E-state index contributed by atoms with van der Waals surface area (Å²) in [6.45, 7) is 0. The van der Waals surface area contributed by atoms with Gasteiger partial charge in [-0.05, 0) is 41.0 Å². The van der Waals surface area contributed by atoms with Gasteiger partial charge in [0.05, 0.1) is 14.2 Å². The lowest BCUT2D eigenvalue weighted by atomic mass is 9.97. The standard InChI is InChI=1S/C17H15BrO4/c1-21-15-8-5-12(9-16(15)22-2)14(10-17(19)20)11-3-6-13(18)7-4-11/h3-10H,1-2H3,(H,19,20). The number of rotatable bonds is 5. The van der Waals surface area contributed by atoms with Crippen molar-refractivity contribution in [3.8, 4) is 11.5 Å². The van der Waals surface area contributed by atoms with E-state index < -0.39 is 5.97 Å². The SMILES string of the molecule is COc1ccc(C(=CC(=O)O)c2ccc(Br)cc2)cc1OC. The normalized spacial score (nSPS) is 11.1. The van der Waals surface area contributed by atoms with Gasteiger partial charge in [0.25, 0.3) is 0 Å². The first-order valence-electron chi connectivity index (χ1n) is 6.48. The van der Waals surface area contributed by atoms with Gasteiger partial charge in [-0.25, -0.2) is 4.79 Å². The Hall–Kier alpha value is -2.27. The molecule has 0 aliphatic carbocycles. The van der Waals surface area contributed by atoms with Crippen LogP contribution in [0.1, 0.15) is 11.1 Å². The van der Waals surface area contributed by atoms with E-state index in [4.69, 9.17) is 14.6 Å². The lowest BCUT2D eigenvalue weighted by Crippen LogP contribution is -1.97. The van der Waals surface area contributed by atoms with Crippen molar-refractivity contribution in [2.45, 2.75) is 0 Å². The molecule has 0 saturated carbocycles. The van der Waals surface area contributed by atoms with Gasteiger partial charge >= 0.3 is 5.97 Å². The summed E-state index contributed by atoms with van der Waals surface area (Å²) >= 11 is 3.37. The van der Waals surface area contributed by atoms with E-state index in [9.17, 15) is 4.79 Å². The van der Waals surface area contributed by atoms with Gasteiger partial charge in [0.15, 0.2) is 11.5 Å². The molecule has 0 unspecified atom stereocenters. The Morgan fingerprint density at radius 1 is 1.00 bits per heavy atom. The maximum absolute atomic E-state index is 11.2. The van der Waals surface area contributed by atoms with Gasteiger partial charge in [0.2, 0.25) is 0 Å². The number of carbonyl (C=O) groups is 1. The number of halogens is 1. The lowest BCUT2D eigenvalue weighted by Gasteiger charge is -2.12. The quantitative estimate of drug-likeness (QED) is 0.817. The van der Waals surface area contributed by atoms with Gasteiger partial charge in [0.1, 0.15) is 0 Å². The Morgan fingerprint density at radius 3 is 2.14 bits per heavy atom. The number of benzene rings is 2. The predicted octanol–water partition coefficient (Wildman–Crippen LogP) is 3.98. The Labute approximate surface area is 137 Å². The molecule has 5 heteroatoms. The Balaban J connectivity index is 2.55. The molecular formula is C17H15BrO4. The van der Waals surface area contributed by atoms with Crippen molar-refractivity contribution in [1.82, 2.24) is 0 Å². The first kappa shape index (κ1) is 16.1. The van der Waals surface area contributed by atoms with Crippen LogP contribution in [0, 0.1) is 0 Å². The van der Waals surface area contributed by atoms with Crippen molar-refractivity contribution in [3.63, 3.8) is 0 Å². The molecule has 0 heterocycles. The monoisotopic (exact) mass is 362 g/mol. The summed E-state index contributed by atoms with van der Waals surface area (Å²) in [5.74, 6) is 0.137. The summed E-state index contributed by atoms with van der Waals surface area (Å²) in [5, 5.41) is 9.15. The largest absolute Gasteiger partial charge is 0.493 e. The molecule has 0 saturated heterocycles. The Kier molecular flexibility index (Phi) is 5.22. The van der Waals surface area contributed by atoms with Crippen LogP contribution >= 0.6 is 15.9 Å². The molecule has 114 valence electrons. The highest BCUT2D eigenvalue weighted by Crippen LogP contribution is 2.33. The number of hydrogen-bond donors (Lipinski definition) is 1. The number of aliphatic carboxylic acids is 1. The van der Waals surface area contributed by atoms with Crippen molar-refractivity contribution in [1.29, 1.82) is 0 Å². The second-order valence-corrected chi connectivity index (χ2v) is 5.39. The molecule has 0 radical (unpaired) electrons. The van der Waals surface area contributed by atoms with Gasteiger partial charge in [-0.1, -0.05) is 34.1 Å². The molecule has 0 aromatic heterocycles. The van der Waals surface area contributed by atoms with Crippen LogP contribution in [0.25, 0.3) is 5.57 Å². The van der Waals surface area contributed by atoms with Crippen LogP contribution in [0.2, 0.25) is 0 Å². The summed E-state index contributed by atoms with van der Waals surface area (Å²) in [4.78, 5) is 11.2. The van der Waals surface area contributed by atoms with E-state index in [0.29, 0.717) is 17.1 Å². The molecule has 0 spiro atoms. The molecule has 0 aliphatic heterocycles. The summed E-state index contributed by atoms with van der Waals surface area (Å²) in [5.41, 5.74) is 2.14. The van der Waals surface area contributed by atoms with Crippen LogP contribution in [0.4, 0.5) is 0 Å². The van der Waals surface area contributed by atoms with Crippen LogP contribution in [-0.2, 0) is 4.79 Å². The number of ether oxygens (including phenoxy) is 2. The topological polar surface area (TPSA) is 55.8 Å². The van der Waals surface area contributed by atoms with Crippen molar-refractivity contribution >= 4 is 27.5 Å². The van der Waals surface area contributed by atoms with E-state index in [2.05, 4.69) is 15.9 Å². The fraction of sp³-hybridized carbons (Fsp3) is 0.118. The van der Waals surface area contributed by atoms with E-state index in [0.717, 1.165) is 15.6 Å². The van der Waals surface area contributed by atoms with Crippen molar-refractivity contribution in [2.75, 3.05) is 14.2 Å². The average molecular weight is 363 g/mol. The average Bonchev–Trinajstić information content (AvgIpc) is 2.52. The van der Waals surface area contributed by atoms with Gasteiger partial charge < -0.3 is 14.6 Å². The first-order valence-corrected chi connectivity index (χ1v) is 7.27. The first-order chi connectivity index (χ1) is 10.5. The molecule has 2 aromatic carbocycles. The van der Waals surface area contributed by atoms with Crippen LogP contribution in [0.5, 0.6) is 11.5 Å². The number of methoxy groups -OCH3 is 2. The summed E-state index contributed by atoms with van der Waals surface area (Å²) in [7, 11) is 3.10. The van der Waals surface area contributed by atoms with E-state index in [1.807, 2.05) is 24.3 Å². The third-order valence-corrected chi connectivity index (χ3v) is 3.65. The zero-order chi connectivity index (χ0) is 16.1. The van der Waals surface area contributed by atoms with Crippen LogP contribution in [0.15, 0.2) is 53.0 Å². The lowest BCUT2D eigenvalue weighted by molar-refractivity contribution is -0.131. The van der Waals surface area contributed by atoms with Crippen LogP contribution in [-0.4, -0.2) is 25.3 Å². The molecule has 22 heavy (non-hydrogen) atoms. The third-order valence-electron chi connectivity index (χ3n) is 3.12. The molecular weight excluding hydrogens is 348 g/mol. The van der Waals surface area contributed by atoms with Crippen molar-refractivity contribution in [3.05, 3.63) is 64.1 Å². The van der Waals surface area contributed by atoms with E-state index in [1.165, 1.54) is 6.08 Å². The maximum Gasteiger partial charge on any atom is 0.328 e. The molecule has 2 aromatic rings. The van der Waals surface area contributed by atoms with Gasteiger partial charge in [-0.15, -0.1) is 0 Å². The molecule has 0 amide bonds. The highest BCUT2D eigenvalue weighted by molar-refractivity contribution is 9.10. The Bertz CT molecular complexity index is 705. The van der Waals surface area contributed by atoms with Gasteiger partial charge in [0, 0.05) is 10.5 Å². The highest BCUT2D eigenvalue weighted by Gasteiger charge is 2.11. The Morgan fingerprint density at radius 2 is 1.59 bits per heavy atom. The fourth-order valence-corrected chi connectivity index (χ4v) is 2.35. The zero-order valence-corrected chi connectivity index (χ0v) is 13.8. The summed E-state index contributed by atoms with van der Waals surface area (Å²) < 4.78 is 11.4. The molecule has 4 nitrogen and oxygen atoms in total. The molecule has 0 aliphatic rings. The number of hydrogen-bond acceptors (Lipinski definition) is 3.